The van der Waals surface area contributed by atoms with E-state index in [4.69, 9.17) is 0 Å². The third-order valence-corrected chi connectivity index (χ3v) is 6.77. The zero-order valence-electron chi connectivity index (χ0n) is 17.0. The largest absolute Gasteiger partial charge is 0.416 e. The molecule has 0 saturated heterocycles. The van der Waals surface area contributed by atoms with Crippen molar-refractivity contribution in [3.05, 3.63) is 82.7 Å². The van der Waals surface area contributed by atoms with Gasteiger partial charge in [-0.15, -0.1) is 0 Å². The van der Waals surface area contributed by atoms with Gasteiger partial charge in [-0.3, -0.25) is 4.79 Å². The lowest BCUT2D eigenvalue weighted by Gasteiger charge is -2.13. The molecule has 0 fully saturated rings. The molecule has 2 aromatic heterocycles. The fourth-order valence-electron chi connectivity index (χ4n) is 3.26. The van der Waals surface area contributed by atoms with Crippen molar-refractivity contribution in [3.8, 4) is 16.9 Å². The Morgan fingerprint density at radius 2 is 1.67 bits per heavy atom. The van der Waals surface area contributed by atoms with Crippen molar-refractivity contribution in [2.24, 2.45) is 0 Å². The van der Waals surface area contributed by atoms with E-state index >= 15 is 0 Å². The molecule has 0 unspecified atom stereocenters. The molecule has 2 aromatic carbocycles. The molecule has 4 aromatic rings. The summed E-state index contributed by atoms with van der Waals surface area (Å²) in [7, 11) is -3.90. The van der Waals surface area contributed by atoms with Crippen LogP contribution in [-0.4, -0.2) is 28.9 Å². The first-order valence-electron chi connectivity index (χ1n) is 9.59. The van der Waals surface area contributed by atoms with Crippen LogP contribution >= 0.6 is 0 Å². The van der Waals surface area contributed by atoms with E-state index < -0.39 is 33.0 Å². The van der Waals surface area contributed by atoms with Gasteiger partial charge >= 0.3 is 6.18 Å². The van der Waals surface area contributed by atoms with Crippen molar-refractivity contribution in [3.63, 3.8) is 0 Å². The van der Waals surface area contributed by atoms with E-state index in [0.29, 0.717) is 11.1 Å². The van der Waals surface area contributed by atoms with Crippen LogP contribution in [0, 0.1) is 5.82 Å². The molecule has 0 aliphatic rings. The van der Waals surface area contributed by atoms with Gasteiger partial charge in [-0.1, -0.05) is 19.1 Å². The van der Waals surface area contributed by atoms with Gasteiger partial charge in [-0.05, 0) is 42.0 Å². The van der Waals surface area contributed by atoms with Crippen molar-refractivity contribution in [1.29, 1.82) is 0 Å². The third-order valence-electron chi connectivity index (χ3n) is 5.04. The maximum Gasteiger partial charge on any atom is 0.416 e. The Kier molecular flexibility index (Phi) is 5.52. The van der Waals surface area contributed by atoms with Crippen LogP contribution < -0.4 is 5.56 Å². The zero-order chi connectivity index (χ0) is 24.0. The lowest BCUT2D eigenvalue weighted by molar-refractivity contribution is -0.137. The maximum absolute atomic E-state index is 13.3. The molecule has 0 atom stereocenters. The molecular weight excluding hydrogens is 462 g/mol. The highest BCUT2D eigenvalue weighted by molar-refractivity contribution is 7.91. The predicted octanol–water partition coefficient (Wildman–Crippen LogP) is 4.40. The SMILES string of the molecule is CCS(=O)(=O)c1cc(-c2ccc(F)cc2)cnc1-n1ncc2cc(C(F)(F)F)ccc2c1=O. The highest BCUT2D eigenvalue weighted by Crippen LogP contribution is 2.31. The van der Waals surface area contributed by atoms with E-state index in [1.54, 1.807) is 0 Å². The first-order chi connectivity index (χ1) is 15.5. The minimum absolute atomic E-state index is 0.0473. The van der Waals surface area contributed by atoms with Gasteiger partial charge in [0.25, 0.3) is 5.56 Å². The number of halogens is 4. The quantitative estimate of drug-likeness (QED) is 0.407. The highest BCUT2D eigenvalue weighted by atomic mass is 32.2. The third kappa shape index (κ3) is 4.23. The molecule has 0 spiro atoms. The Morgan fingerprint density at radius 1 is 0.970 bits per heavy atom. The molecule has 0 aliphatic heterocycles. The van der Waals surface area contributed by atoms with Gasteiger partial charge in [0.15, 0.2) is 15.7 Å². The van der Waals surface area contributed by atoms with Crippen molar-refractivity contribution in [1.82, 2.24) is 14.8 Å². The van der Waals surface area contributed by atoms with Gasteiger partial charge in [0, 0.05) is 17.1 Å². The standard InChI is InChI=1S/C22H15F4N3O3S/c1-2-33(31,32)19-10-14(13-3-6-17(23)7-4-13)11-27-20(19)29-21(30)18-8-5-16(22(24,25)26)9-15(18)12-28-29/h3-12H,2H2,1H3. The normalized spacial score (nSPS) is 12.3. The molecule has 4 rings (SSSR count). The molecule has 0 aliphatic carbocycles. The Balaban J connectivity index is 1.93. The number of fused-ring (bicyclic) bond motifs is 1. The summed E-state index contributed by atoms with van der Waals surface area (Å²) in [5.41, 5.74) is -0.892. The minimum atomic E-state index is -4.59. The number of aromatic nitrogens is 3. The van der Waals surface area contributed by atoms with E-state index in [1.165, 1.54) is 43.5 Å². The van der Waals surface area contributed by atoms with Gasteiger partial charge in [0.05, 0.1) is 22.9 Å². The maximum atomic E-state index is 13.3. The minimum Gasteiger partial charge on any atom is -0.267 e. The van der Waals surface area contributed by atoms with Crippen LogP contribution in [0.2, 0.25) is 0 Å². The van der Waals surface area contributed by atoms with Gasteiger partial charge < -0.3 is 0 Å². The van der Waals surface area contributed by atoms with Gasteiger partial charge in [0.2, 0.25) is 0 Å². The lowest BCUT2D eigenvalue weighted by Crippen LogP contribution is -2.24. The number of hydrogen-bond donors (Lipinski definition) is 0. The topological polar surface area (TPSA) is 81.9 Å². The number of alkyl halides is 3. The second kappa shape index (κ2) is 8.07. The van der Waals surface area contributed by atoms with E-state index in [-0.39, 0.29) is 27.2 Å². The summed E-state index contributed by atoms with van der Waals surface area (Å²) in [6, 6.07) is 9.20. The molecule has 0 N–H and O–H groups in total. The summed E-state index contributed by atoms with van der Waals surface area (Å²) < 4.78 is 78.5. The monoisotopic (exact) mass is 477 g/mol. The zero-order valence-corrected chi connectivity index (χ0v) is 17.8. The lowest BCUT2D eigenvalue weighted by atomic mass is 10.1. The molecule has 0 amide bonds. The first-order valence-corrected chi connectivity index (χ1v) is 11.2. The van der Waals surface area contributed by atoms with Crippen LogP contribution in [0.15, 0.2) is 70.6 Å². The summed E-state index contributed by atoms with van der Waals surface area (Å²) in [6.45, 7) is 1.42. The van der Waals surface area contributed by atoms with Crippen molar-refractivity contribution in [2.45, 2.75) is 18.0 Å². The number of hydrogen-bond acceptors (Lipinski definition) is 5. The summed E-state index contributed by atoms with van der Waals surface area (Å²) in [5.74, 6) is -1.05. The van der Waals surface area contributed by atoms with Gasteiger partial charge in [-0.2, -0.15) is 23.0 Å². The summed E-state index contributed by atoms with van der Waals surface area (Å²) in [5, 5.41) is 3.75. The molecule has 6 nitrogen and oxygen atoms in total. The van der Waals surface area contributed by atoms with Crippen LogP contribution in [0.4, 0.5) is 17.6 Å². The van der Waals surface area contributed by atoms with Crippen LogP contribution in [0.3, 0.4) is 0 Å². The fraction of sp³-hybridized carbons (Fsp3) is 0.136. The average molecular weight is 477 g/mol. The van der Waals surface area contributed by atoms with Crippen LogP contribution in [-0.2, 0) is 16.0 Å². The van der Waals surface area contributed by atoms with Crippen molar-refractivity contribution < 1.29 is 26.0 Å². The van der Waals surface area contributed by atoms with Gasteiger partial charge in [0.1, 0.15) is 10.7 Å². The first kappa shape index (κ1) is 22.6. The Morgan fingerprint density at radius 3 is 2.30 bits per heavy atom. The molecule has 0 saturated carbocycles. The Labute approximate surface area is 185 Å². The molecule has 0 bridgehead atoms. The van der Waals surface area contributed by atoms with Crippen LogP contribution in [0.1, 0.15) is 12.5 Å². The number of nitrogens with zero attached hydrogens (tertiary/aromatic N) is 3. The second-order valence-electron chi connectivity index (χ2n) is 7.12. The molecule has 170 valence electrons. The van der Waals surface area contributed by atoms with E-state index in [0.717, 1.165) is 29.1 Å². The Hall–Kier alpha value is -3.60. The molecular formula is C22H15F4N3O3S. The second-order valence-corrected chi connectivity index (χ2v) is 9.36. The van der Waals surface area contributed by atoms with Crippen molar-refractivity contribution in [2.75, 3.05) is 5.75 Å². The van der Waals surface area contributed by atoms with E-state index in [1.807, 2.05) is 0 Å². The Bertz CT molecular complexity index is 1530. The molecule has 2 heterocycles. The fourth-order valence-corrected chi connectivity index (χ4v) is 4.29. The smallest absolute Gasteiger partial charge is 0.267 e. The van der Waals surface area contributed by atoms with Crippen molar-refractivity contribution >= 4 is 20.6 Å². The number of pyridine rings is 1. The predicted molar refractivity (Wildman–Crippen MR) is 113 cm³/mol. The van der Waals surface area contributed by atoms with Gasteiger partial charge in [-0.25, -0.2) is 17.8 Å². The van der Waals surface area contributed by atoms with Crippen LogP contribution in [0.25, 0.3) is 27.7 Å². The highest BCUT2D eigenvalue weighted by Gasteiger charge is 2.31. The summed E-state index contributed by atoms with van der Waals surface area (Å²) in [6.07, 6.45) is -2.24. The molecule has 0 radical (unpaired) electrons. The number of benzene rings is 2. The summed E-state index contributed by atoms with van der Waals surface area (Å²) >= 11 is 0. The van der Waals surface area contributed by atoms with Crippen LogP contribution in [0.5, 0.6) is 0 Å². The number of sulfone groups is 1. The van der Waals surface area contributed by atoms with E-state index in [9.17, 15) is 30.8 Å². The average Bonchev–Trinajstić information content (AvgIpc) is 2.79. The van der Waals surface area contributed by atoms with E-state index in [2.05, 4.69) is 10.1 Å². The molecule has 33 heavy (non-hydrogen) atoms. The summed E-state index contributed by atoms with van der Waals surface area (Å²) in [4.78, 5) is 16.8. The molecule has 11 heteroatoms. The number of rotatable bonds is 4.